The minimum Gasteiger partial charge on any atom is -0.487 e. The maximum Gasteiger partial charge on any atom is 0.311 e. The first-order valence-electron chi connectivity index (χ1n) is 6.83. The highest BCUT2D eigenvalue weighted by Gasteiger charge is 2.30. The summed E-state index contributed by atoms with van der Waals surface area (Å²) in [5.41, 5.74) is 0.0974. The summed E-state index contributed by atoms with van der Waals surface area (Å²) < 4.78 is 5.36. The van der Waals surface area contributed by atoms with Gasteiger partial charge >= 0.3 is 5.69 Å². The molecule has 1 aromatic rings. The van der Waals surface area contributed by atoms with Crippen molar-refractivity contribution in [2.75, 3.05) is 25.0 Å². The Morgan fingerprint density at radius 3 is 2.90 bits per heavy atom. The number of nitro groups is 1. The van der Waals surface area contributed by atoms with Gasteiger partial charge in [-0.3, -0.25) is 14.9 Å². The molecule has 0 saturated carbocycles. The molecule has 1 saturated heterocycles. The zero-order valence-electron chi connectivity index (χ0n) is 11.8. The number of likely N-dealkylation sites (tertiary alicyclic amines) is 1. The smallest absolute Gasteiger partial charge is 0.311 e. The number of nitrogens with zero attached hydrogens (tertiary/aromatic N) is 2. The summed E-state index contributed by atoms with van der Waals surface area (Å²) in [6.45, 7) is 3.35. The number of benzene rings is 1. The fraction of sp³-hybridized carbons (Fsp3) is 0.500. The Balaban J connectivity index is 2.32. The lowest BCUT2D eigenvalue weighted by molar-refractivity contribution is -0.385. The lowest BCUT2D eigenvalue weighted by Crippen LogP contribution is -2.29. The Kier molecular flexibility index (Phi) is 5.17. The number of alkyl halides is 1. The van der Waals surface area contributed by atoms with Gasteiger partial charge in [0, 0.05) is 24.5 Å². The minimum absolute atomic E-state index is 0.0669. The number of para-hydroxylation sites is 1. The average Bonchev–Trinajstić information content (AvgIpc) is 2.95. The zero-order valence-corrected chi connectivity index (χ0v) is 13.3. The number of hydrogen-bond acceptors (Lipinski definition) is 4. The van der Waals surface area contributed by atoms with Crippen LogP contribution in [0.2, 0.25) is 0 Å². The van der Waals surface area contributed by atoms with Crippen molar-refractivity contribution in [3.63, 3.8) is 0 Å². The third-order valence-corrected chi connectivity index (χ3v) is 4.42. The first-order chi connectivity index (χ1) is 10.1. The standard InChI is InChI=1S/C14H17BrN2O4/c1-2-21-13-11(4-3-5-12(13)17(19)20)14(18)16-7-6-10(8-15)9-16/h3-5,10H,2,6-9H2,1H3. The van der Waals surface area contributed by atoms with Crippen LogP contribution in [0.5, 0.6) is 5.75 Å². The van der Waals surface area contributed by atoms with Crippen LogP contribution in [-0.4, -0.2) is 40.8 Å². The molecule has 1 aliphatic rings. The van der Waals surface area contributed by atoms with E-state index in [0.717, 1.165) is 11.8 Å². The molecule has 1 atom stereocenters. The van der Waals surface area contributed by atoms with Crippen LogP contribution < -0.4 is 4.74 Å². The highest BCUT2D eigenvalue weighted by Crippen LogP contribution is 2.33. The number of carbonyl (C=O) groups is 1. The Morgan fingerprint density at radius 1 is 1.57 bits per heavy atom. The normalized spacial score (nSPS) is 17.8. The van der Waals surface area contributed by atoms with E-state index in [9.17, 15) is 14.9 Å². The van der Waals surface area contributed by atoms with Crippen LogP contribution >= 0.6 is 15.9 Å². The maximum atomic E-state index is 12.6. The average molecular weight is 357 g/mol. The first-order valence-corrected chi connectivity index (χ1v) is 7.96. The minimum atomic E-state index is -0.521. The number of nitro benzene ring substituents is 1. The Hall–Kier alpha value is -1.63. The van der Waals surface area contributed by atoms with Crippen molar-refractivity contribution in [1.29, 1.82) is 0 Å². The van der Waals surface area contributed by atoms with Gasteiger partial charge in [0.1, 0.15) is 0 Å². The quantitative estimate of drug-likeness (QED) is 0.462. The summed E-state index contributed by atoms with van der Waals surface area (Å²) in [5, 5.41) is 11.9. The zero-order chi connectivity index (χ0) is 15.4. The Bertz CT molecular complexity index is 550. The summed E-state index contributed by atoms with van der Waals surface area (Å²) in [5.74, 6) is 0.297. The van der Waals surface area contributed by atoms with Crippen LogP contribution in [0.15, 0.2) is 18.2 Å². The molecule has 21 heavy (non-hydrogen) atoms. The first kappa shape index (κ1) is 15.8. The number of hydrogen-bond donors (Lipinski definition) is 0. The van der Waals surface area contributed by atoms with Crippen molar-refractivity contribution in [2.24, 2.45) is 5.92 Å². The van der Waals surface area contributed by atoms with Gasteiger partial charge in [0.25, 0.3) is 5.91 Å². The van der Waals surface area contributed by atoms with Crippen LogP contribution in [0.3, 0.4) is 0 Å². The summed E-state index contributed by atoms with van der Waals surface area (Å²) in [6.07, 6.45) is 0.940. The molecule has 1 heterocycles. The molecule has 0 bridgehead atoms. The van der Waals surface area contributed by atoms with Crippen molar-refractivity contribution in [2.45, 2.75) is 13.3 Å². The van der Waals surface area contributed by atoms with Gasteiger partial charge in [0.2, 0.25) is 5.75 Å². The molecule has 0 radical (unpaired) electrons. The molecule has 1 fully saturated rings. The van der Waals surface area contributed by atoms with Crippen molar-refractivity contribution >= 4 is 27.5 Å². The van der Waals surface area contributed by atoms with Gasteiger partial charge in [-0.05, 0) is 25.3 Å². The summed E-state index contributed by atoms with van der Waals surface area (Å²) in [4.78, 5) is 24.9. The molecule has 1 aliphatic heterocycles. The monoisotopic (exact) mass is 356 g/mol. The number of amides is 1. The summed E-state index contributed by atoms with van der Waals surface area (Å²) in [7, 11) is 0. The molecule has 0 N–H and O–H groups in total. The van der Waals surface area contributed by atoms with Gasteiger partial charge in [-0.1, -0.05) is 22.0 Å². The van der Waals surface area contributed by atoms with Gasteiger partial charge in [-0.15, -0.1) is 0 Å². The van der Waals surface area contributed by atoms with E-state index in [4.69, 9.17) is 4.74 Å². The van der Waals surface area contributed by atoms with Crippen molar-refractivity contribution in [3.8, 4) is 5.75 Å². The fourth-order valence-electron chi connectivity index (χ4n) is 2.45. The SMILES string of the molecule is CCOc1c(C(=O)N2CCC(CBr)C2)cccc1[N+](=O)[O-]. The van der Waals surface area contributed by atoms with E-state index < -0.39 is 4.92 Å². The second kappa shape index (κ2) is 6.89. The van der Waals surface area contributed by atoms with Crippen LogP contribution in [0, 0.1) is 16.0 Å². The van der Waals surface area contributed by atoms with Gasteiger partial charge in [-0.2, -0.15) is 0 Å². The second-order valence-corrected chi connectivity index (χ2v) is 5.55. The van der Waals surface area contributed by atoms with Gasteiger partial charge in [0.05, 0.1) is 17.1 Å². The number of ether oxygens (including phenoxy) is 1. The highest BCUT2D eigenvalue weighted by molar-refractivity contribution is 9.09. The van der Waals surface area contributed by atoms with E-state index in [2.05, 4.69) is 15.9 Å². The van der Waals surface area contributed by atoms with E-state index in [1.165, 1.54) is 12.1 Å². The van der Waals surface area contributed by atoms with Crippen molar-refractivity contribution in [3.05, 3.63) is 33.9 Å². The second-order valence-electron chi connectivity index (χ2n) is 4.90. The molecule has 1 aromatic carbocycles. The topological polar surface area (TPSA) is 72.7 Å². The summed E-state index contributed by atoms with van der Waals surface area (Å²) >= 11 is 3.43. The van der Waals surface area contributed by atoms with Gasteiger partial charge in [0.15, 0.2) is 0 Å². The number of rotatable bonds is 5. The van der Waals surface area contributed by atoms with Crippen LogP contribution in [0.1, 0.15) is 23.7 Å². The molecule has 0 aliphatic carbocycles. The fourth-order valence-corrected chi connectivity index (χ4v) is 2.97. The van der Waals surface area contributed by atoms with E-state index in [1.807, 2.05) is 0 Å². The lowest BCUT2D eigenvalue weighted by atomic mass is 10.1. The van der Waals surface area contributed by atoms with Crippen molar-refractivity contribution in [1.82, 2.24) is 4.90 Å². The number of carbonyl (C=O) groups excluding carboxylic acids is 1. The molecule has 0 aromatic heterocycles. The molecule has 2 rings (SSSR count). The van der Waals surface area contributed by atoms with Crippen molar-refractivity contribution < 1.29 is 14.5 Å². The molecule has 0 spiro atoms. The number of halogens is 1. The molecule has 114 valence electrons. The lowest BCUT2D eigenvalue weighted by Gasteiger charge is -2.18. The highest BCUT2D eigenvalue weighted by atomic mass is 79.9. The predicted molar refractivity (Wildman–Crippen MR) is 82.1 cm³/mol. The van der Waals surface area contributed by atoms with Crippen LogP contribution in [-0.2, 0) is 0 Å². The third-order valence-electron chi connectivity index (χ3n) is 3.50. The van der Waals surface area contributed by atoms with Crippen LogP contribution in [0.4, 0.5) is 5.69 Å². The summed E-state index contributed by atoms with van der Waals surface area (Å²) in [6, 6.07) is 4.46. The molecule has 6 nitrogen and oxygen atoms in total. The molecular formula is C14H17BrN2O4. The van der Waals surface area contributed by atoms with E-state index in [-0.39, 0.29) is 29.5 Å². The molecule has 1 amide bonds. The predicted octanol–water partition coefficient (Wildman–Crippen LogP) is 2.85. The largest absolute Gasteiger partial charge is 0.487 e. The molecular weight excluding hydrogens is 340 g/mol. The molecule has 7 heteroatoms. The van der Waals surface area contributed by atoms with E-state index >= 15 is 0 Å². The van der Waals surface area contributed by atoms with E-state index in [0.29, 0.717) is 19.0 Å². The van der Waals surface area contributed by atoms with Gasteiger partial charge in [-0.25, -0.2) is 0 Å². The van der Waals surface area contributed by atoms with E-state index in [1.54, 1.807) is 17.9 Å². The Morgan fingerprint density at radius 2 is 2.33 bits per heavy atom. The molecule has 1 unspecified atom stereocenters. The Labute approximate surface area is 131 Å². The van der Waals surface area contributed by atoms with Crippen LogP contribution in [0.25, 0.3) is 0 Å². The van der Waals surface area contributed by atoms with Gasteiger partial charge < -0.3 is 9.64 Å². The third kappa shape index (κ3) is 3.34. The maximum absolute atomic E-state index is 12.6.